The fraction of sp³-hybridized carbons (Fsp3) is 0.500. The van der Waals surface area contributed by atoms with Crippen LogP contribution in [0.2, 0.25) is 0 Å². The van der Waals surface area contributed by atoms with E-state index in [9.17, 15) is 14.3 Å². The zero-order valence-electron chi connectivity index (χ0n) is 11.2. The molecule has 0 saturated heterocycles. The summed E-state index contributed by atoms with van der Waals surface area (Å²) in [5, 5.41) is 21.1. The highest BCUT2D eigenvalue weighted by Gasteiger charge is 2.12. The Bertz CT molecular complexity index is 435. The molecule has 0 bridgehead atoms. The lowest BCUT2D eigenvalue weighted by molar-refractivity contribution is 0.0696. The predicted molar refractivity (Wildman–Crippen MR) is 70.5 cm³/mol. The molecule has 1 aromatic rings. The fourth-order valence-corrected chi connectivity index (χ4v) is 1.89. The Morgan fingerprint density at radius 3 is 2.63 bits per heavy atom. The first kappa shape index (κ1) is 15.6. The summed E-state index contributed by atoms with van der Waals surface area (Å²) in [4.78, 5) is 10.8. The average Bonchev–Trinajstić information content (AvgIpc) is 2.35. The molecule has 0 spiro atoms. The number of halogens is 1. The van der Waals surface area contributed by atoms with Gasteiger partial charge in [0.2, 0.25) is 0 Å². The van der Waals surface area contributed by atoms with Crippen molar-refractivity contribution in [1.29, 1.82) is 0 Å². The highest BCUT2D eigenvalue weighted by molar-refractivity contribution is 5.87. The van der Waals surface area contributed by atoms with Gasteiger partial charge in [-0.2, -0.15) is 0 Å². The molecule has 1 atom stereocenters. The van der Waals surface area contributed by atoms with E-state index in [-0.39, 0.29) is 24.8 Å². The number of aliphatic hydroxyl groups is 1. The van der Waals surface area contributed by atoms with Crippen molar-refractivity contribution in [1.82, 2.24) is 5.32 Å². The molecule has 0 fully saturated rings. The number of aliphatic hydroxyl groups excluding tert-OH is 1. The van der Waals surface area contributed by atoms with Crippen molar-refractivity contribution in [2.45, 2.75) is 32.9 Å². The van der Waals surface area contributed by atoms with Crippen molar-refractivity contribution >= 4 is 5.97 Å². The van der Waals surface area contributed by atoms with Crippen LogP contribution in [0.5, 0.6) is 0 Å². The van der Waals surface area contributed by atoms with Gasteiger partial charge in [0.05, 0.1) is 12.2 Å². The first-order chi connectivity index (χ1) is 8.93. The molecular formula is C14H20FNO3. The third-order valence-corrected chi connectivity index (χ3v) is 2.85. The van der Waals surface area contributed by atoms with Crippen LogP contribution >= 0.6 is 0 Å². The van der Waals surface area contributed by atoms with E-state index < -0.39 is 11.8 Å². The van der Waals surface area contributed by atoms with E-state index in [1.165, 1.54) is 12.1 Å². The lowest BCUT2D eigenvalue weighted by atomic mass is 10.0. The number of hydrogen-bond acceptors (Lipinski definition) is 3. The largest absolute Gasteiger partial charge is 0.478 e. The molecular weight excluding hydrogens is 249 g/mol. The molecule has 3 N–H and O–H groups in total. The molecule has 1 unspecified atom stereocenters. The summed E-state index contributed by atoms with van der Waals surface area (Å²) in [6, 6.07) is 3.58. The highest BCUT2D eigenvalue weighted by atomic mass is 19.1. The van der Waals surface area contributed by atoms with E-state index in [1.54, 1.807) is 0 Å². The van der Waals surface area contributed by atoms with Gasteiger partial charge in [0.25, 0.3) is 0 Å². The van der Waals surface area contributed by atoms with Crippen molar-refractivity contribution in [2.24, 2.45) is 5.92 Å². The summed E-state index contributed by atoms with van der Waals surface area (Å²) in [5.41, 5.74) is 0.352. The lowest BCUT2D eigenvalue weighted by Gasteiger charge is -2.18. The number of rotatable bonds is 7. The lowest BCUT2D eigenvalue weighted by Crippen LogP contribution is -2.33. The van der Waals surface area contributed by atoms with Crippen LogP contribution in [-0.4, -0.2) is 28.8 Å². The maximum Gasteiger partial charge on any atom is 0.335 e. The van der Waals surface area contributed by atoms with Crippen LogP contribution < -0.4 is 5.32 Å². The molecule has 0 saturated carbocycles. The van der Waals surface area contributed by atoms with Gasteiger partial charge in [-0.05, 0) is 30.5 Å². The third-order valence-electron chi connectivity index (χ3n) is 2.85. The van der Waals surface area contributed by atoms with Gasteiger partial charge in [-0.25, -0.2) is 9.18 Å². The molecule has 5 heteroatoms. The van der Waals surface area contributed by atoms with Gasteiger partial charge in [-0.15, -0.1) is 0 Å². The molecule has 0 aliphatic rings. The monoisotopic (exact) mass is 269 g/mol. The molecule has 1 aromatic carbocycles. The van der Waals surface area contributed by atoms with Crippen molar-refractivity contribution in [3.63, 3.8) is 0 Å². The maximum atomic E-state index is 13.6. The minimum atomic E-state index is -1.08. The Balaban J connectivity index is 2.70. The number of aromatic carboxylic acids is 1. The molecule has 0 heterocycles. The smallest absolute Gasteiger partial charge is 0.335 e. The maximum absolute atomic E-state index is 13.6. The van der Waals surface area contributed by atoms with Gasteiger partial charge < -0.3 is 15.5 Å². The zero-order chi connectivity index (χ0) is 14.4. The van der Waals surface area contributed by atoms with Crippen LogP contribution in [0.1, 0.15) is 36.2 Å². The van der Waals surface area contributed by atoms with Crippen molar-refractivity contribution in [2.75, 3.05) is 6.61 Å². The van der Waals surface area contributed by atoms with Gasteiger partial charge in [0.15, 0.2) is 0 Å². The molecule has 106 valence electrons. The molecule has 0 amide bonds. The highest BCUT2D eigenvalue weighted by Crippen LogP contribution is 2.12. The number of hydrogen-bond donors (Lipinski definition) is 3. The molecule has 19 heavy (non-hydrogen) atoms. The minimum Gasteiger partial charge on any atom is -0.478 e. The number of nitrogens with one attached hydrogen (secondary N) is 1. The normalized spacial score (nSPS) is 12.7. The Hall–Kier alpha value is -1.46. The molecule has 0 radical (unpaired) electrons. The van der Waals surface area contributed by atoms with Crippen LogP contribution in [0.3, 0.4) is 0 Å². The number of carboxylic acid groups (broad SMARTS) is 1. The predicted octanol–water partition coefficient (Wildman–Crippen LogP) is 2.02. The van der Waals surface area contributed by atoms with Crippen molar-refractivity contribution < 1.29 is 19.4 Å². The number of benzene rings is 1. The van der Waals surface area contributed by atoms with E-state index in [0.29, 0.717) is 11.5 Å². The second kappa shape index (κ2) is 7.21. The van der Waals surface area contributed by atoms with Crippen LogP contribution in [-0.2, 0) is 6.54 Å². The van der Waals surface area contributed by atoms with Crippen LogP contribution in [0.15, 0.2) is 18.2 Å². The first-order valence-electron chi connectivity index (χ1n) is 6.30. The number of carbonyl (C=O) groups is 1. The fourth-order valence-electron chi connectivity index (χ4n) is 1.89. The van der Waals surface area contributed by atoms with E-state index in [2.05, 4.69) is 5.32 Å². The van der Waals surface area contributed by atoms with Crippen LogP contribution in [0.25, 0.3) is 0 Å². The zero-order valence-corrected chi connectivity index (χ0v) is 11.2. The molecule has 0 aliphatic carbocycles. The van der Waals surface area contributed by atoms with Gasteiger partial charge >= 0.3 is 5.97 Å². The summed E-state index contributed by atoms with van der Waals surface area (Å²) >= 11 is 0. The summed E-state index contributed by atoms with van der Waals surface area (Å²) in [7, 11) is 0. The second-order valence-electron chi connectivity index (χ2n) is 5.00. The standard InChI is InChI=1S/C14H20FNO3/c1-9(2)5-12(8-17)16-7-11-6-10(14(18)19)3-4-13(11)15/h3-4,6,9,12,16-17H,5,7-8H2,1-2H3,(H,18,19). The number of carboxylic acids is 1. The van der Waals surface area contributed by atoms with Gasteiger partial charge in [-0.1, -0.05) is 13.8 Å². The quantitative estimate of drug-likeness (QED) is 0.708. The average molecular weight is 269 g/mol. The van der Waals surface area contributed by atoms with E-state index in [4.69, 9.17) is 5.11 Å². The third kappa shape index (κ3) is 4.96. The summed E-state index contributed by atoms with van der Waals surface area (Å²) in [6.07, 6.45) is 0.775. The van der Waals surface area contributed by atoms with E-state index >= 15 is 0 Å². The Morgan fingerprint density at radius 2 is 2.11 bits per heavy atom. The summed E-state index contributed by atoms with van der Waals surface area (Å²) < 4.78 is 13.6. The molecule has 0 aliphatic heterocycles. The molecule has 1 rings (SSSR count). The summed E-state index contributed by atoms with van der Waals surface area (Å²) in [6.45, 7) is 4.25. The minimum absolute atomic E-state index is 0.0293. The first-order valence-corrected chi connectivity index (χ1v) is 6.30. The van der Waals surface area contributed by atoms with E-state index in [1.807, 2.05) is 13.8 Å². The Labute approximate surface area is 112 Å². The Kier molecular flexibility index (Phi) is 5.92. The van der Waals surface area contributed by atoms with Crippen molar-refractivity contribution in [3.8, 4) is 0 Å². The molecule has 4 nitrogen and oxygen atoms in total. The van der Waals surface area contributed by atoms with E-state index in [0.717, 1.165) is 12.5 Å². The second-order valence-corrected chi connectivity index (χ2v) is 5.00. The molecule has 0 aromatic heterocycles. The topological polar surface area (TPSA) is 69.6 Å². The van der Waals surface area contributed by atoms with Crippen LogP contribution in [0.4, 0.5) is 4.39 Å². The SMILES string of the molecule is CC(C)CC(CO)NCc1cc(C(=O)O)ccc1F. The van der Waals surface area contributed by atoms with Gasteiger partial charge in [-0.3, -0.25) is 0 Å². The van der Waals surface area contributed by atoms with Crippen molar-refractivity contribution in [3.05, 3.63) is 35.1 Å². The Morgan fingerprint density at radius 1 is 1.42 bits per heavy atom. The van der Waals surface area contributed by atoms with Crippen LogP contribution in [0, 0.1) is 11.7 Å². The van der Waals surface area contributed by atoms with Gasteiger partial charge in [0.1, 0.15) is 5.82 Å². The summed E-state index contributed by atoms with van der Waals surface area (Å²) in [5.74, 6) is -1.11. The van der Waals surface area contributed by atoms with Gasteiger partial charge in [0, 0.05) is 18.2 Å².